The first-order valence-electron chi connectivity index (χ1n) is 5.51. The largest absolute Gasteiger partial charge is 0.478 e. The lowest BCUT2D eigenvalue weighted by atomic mass is 9.89. The normalized spacial score (nSPS) is 12.0. The number of aryl methyl sites for hydroxylation is 1. The van der Waals surface area contributed by atoms with Gasteiger partial charge in [-0.25, -0.2) is 4.79 Å². The smallest absolute Gasteiger partial charge is 0.339 e. The van der Waals surface area contributed by atoms with Crippen molar-refractivity contribution < 1.29 is 9.90 Å². The number of aromatic nitrogens is 2. The van der Waals surface area contributed by atoms with Crippen LogP contribution >= 0.6 is 0 Å². The molecule has 0 unspecified atom stereocenters. The molecule has 0 amide bonds. The third-order valence-corrected chi connectivity index (χ3v) is 2.88. The molecule has 90 valence electrons. The van der Waals surface area contributed by atoms with Gasteiger partial charge < -0.3 is 9.67 Å². The van der Waals surface area contributed by atoms with E-state index in [0.29, 0.717) is 11.1 Å². The number of carboxylic acid groups (broad SMARTS) is 1. The molecule has 0 aromatic carbocycles. The van der Waals surface area contributed by atoms with Gasteiger partial charge in [0.25, 0.3) is 0 Å². The van der Waals surface area contributed by atoms with Crippen molar-refractivity contribution in [3.63, 3.8) is 0 Å². The molecule has 0 bridgehead atoms. The molecule has 0 saturated carbocycles. The number of hydrogen-bond donors (Lipinski definition) is 1. The van der Waals surface area contributed by atoms with E-state index in [-0.39, 0.29) is 5.41 Å². The average molecular weight is 232 g/mol. The molecule has 0 aliphatic carbocycles. The van der Waals surface area contributed by atoms with Crippen LogP contribution in [0.1, 0.15) is 36.8 Å². The van der Waals surface area contributed by atoms with Crippen molar-refractivity contribution in [1.29, 1.82) is 0 Å². The van der Waals surface area contributed by atoms with Crippen LogP contribution in [0.5, 0.6) is 0 Å². The van der Waals surface area contributed by atoms with Gasteiger partial charge >= 0.3 is 5.97 Å². The molecule has 4 heteroatoms. The van der Waals surface area contributed by atoms with Crippen LogP contribution in [-0.4, -0.2) is 20.6 Å². The second-order valence-electron chi connectivity index (χ2n) is 5.21. The molecule has 17 heavy (non-hydrogen) atoms. The lowest BCUT2D eigenvalue weighted by Gasteiger charge is -2.21. The fourth-order valence-corrected chi connectivity index (χ4v) is 2.34. The lowest BCUT2D eigenvalue weighted by Crippen LogP contribution is -2.19. The third kappa shape index (κ3) is 1.69. The molecule has 0 fully saturated rings. The molecular formula is C13H16N2O2. The van der Waals surface area contributed by atoms with Crippen molar-refractivity contribution in [2.75, 3.05) is 0 Å². The maximum Gasteiger partial charge on any atom is 0.339 e. The van der Waals surface area contributed by atoms with Crippen molar-refractivity contribution in [3.05, 3.63) is 29.6 Å². The highest BCUT2D eigenvalue weighted by Crippen LogP contribution is 2.32. The maximum atomic E-state index is 11.4. The van der Waals surface area contributed by atoms with E-state index in [0.717, 1.165) is 11.2 Å². The average Bonchev–Trinajstić information content (AvgIpc) is 2.52. The van der Waals surface area contributed by atoms with E-state index in [1.807, 2.05) is 44.5 Å². The van der Waals surface area contributed by atoms with E-state index in [9.17, 15) is 9.90 Å². The van der Waals surface area contributed by atoms with Gasteiger partial charge in [0.2, 0.25) is 0 Å². The molecule has 2 aromatic heterocycles. The molecule has 1 N–H and O–H groups in total. The Balaban J connectivity index is 2.96. The Kier molecular flexibility index (Phi) is 2.45. The standard InChI is InChI=1S/C13H16N2O2/c1-13(2,3)11-9(12(16)17)10-8(15(11)4)6-5-7-14-10/h5-7H,1-4H3,(H,16,17). The van der Waals surface area contributed by atoms with Crippen LogP contribution in [0.25, 0.3) is 11.0 Å². The van der Waals surface area contributed by atoms with Gasteiger partial charge in [-0.1, -0.05) is 20.8 Å². The molecule has 0 atom stereocenters. The number of hydrogen-bond acceptors (Lipinski definition) is 2. The third-order valence-electron chi connectivity index (χ3n) is 2.88. The second-order valence-corrected chi connectivity index (χ2v) is 5.21. The molecule has 0 spiro atoms. The summed E-state index contributed by atoms with van der Waals surface area (Å²) in [5.41, 5.74) is 2.31. The maximum absolute atomic E-state index is 11.4. The summed E-state index contributed by atoms with van der Waals surface area (Å²) < 4.78 is 1.92. The molecule has 0 radical (unpaired) electrons. The summed E-state index contributed by atoms with van der Waals surface area (Å²) in [6.45, 7) is 6.02. The summed E-state index contributed by atoms with van der Waals surface area (Å²) in [7, 11) is 1.89. The molecule has 0 aliphatic heterocycles. The Hall–Kier alpha value is -1.84. The van der Waals surface area contributed by atoms with Crippen LogP contribution in [0.15, 0.2) is 18.3 Å². The van der Waals surface area contributed by atoms with E-state index in [2.05, 4.69) is 4.98 Å². The minimum Gasteiger partial charge on any atom is -0.478 e. The van der Waals surface area contributed by atoms with Gasteiger partial charge in [-0.2, -0.15) is 0 Å². The fourth-order valence-electron chi connectivity index (χ4n) is 2.34. The van der Waals surface area contributed by atoms with Crippen molar-refractivity contribution in [2.24, 2.45) is 7.05 Å². The molecular weight excluding hydrogens is 216 g/mol. The number of carboxylic acids is 1. The van der Waals surface area contributed by atoms with Gasteiger partial charge in [0, 0.05) is 24.4 Å². The summed E-state index contributed by atoms with van der Waals surface area (Å²) in [6.07, 6.45) is 1.63. The zero-order valence-corrected chi connectivity index (χ0v) is 10.5. The lowest BCUT2D eigenvalue weighted by molar-refractivity contribution is 0.0695. The van der Waals surface area contributed by atoms with Crippen molar-refractivity contribution >= 4 is 17.0 Å². The van der Waals surface area contributed by atoms with Crippen LogP contribution in [-0.2, 0) is 12.5 Å². The Morgan fingerprint density at radius 1 is 1.41 bits per heavy atom. The van der Waals surface area contributed by atoms with E-state index < -0.39 is 5.97 Å². The number of fused-ring (bicyclic) bond motifs is 1. The van der Waals surface area contributed by atoms with E-state index in [1.165, 1.54) is 0 Å². The number of carbonyl (C=O) groups is 1. The topological polar surface area (TPSA) is 55.1 Å². The van der Waals surface area contributed by atoms with Gasteiger partial charge in [0.05, 0.1) is 5.52 Å². The quantitative estimate of drug-likeness (QED) is 0.822. The Bertz CT molecular complexity index is 591. The summed E-state index contributed by atoms with van der Waals surface area (Å²) in [6, 6.07) is 3.71. The van der Waals surface area contributed by atoms with Gasteiger partial charge in [-0.05, 0) is 12.1 Å². The van der Waals surface area contributed by atoms with E-state index in [1.54, 1.807) is 6.20 Å². The minimum absolute atomic E-state index is 0.233. The molecule has 2 heterocycles. The number of pyridine rings is 1. The SMILES string of the molecule is Cn1c(C(C)(C)C)c(C(=O)O)c2ncccc21. The monoisotopic (exact) mass is 232 g/mol. The van der Waals surface area contributed by atoms with Gasteiger partial charge in [0.15, 0.2) is 0 Å². The minimum atomic E-state index is -0.917. The van der Waals surface area contributed by atoms with Crippen LogP contribution in [0.2, 0.25) is 0 Å². The van der Waals surface area contributed by atoms with Gasteiger partial charge in [-0.15, -0.1) is 0 Å². The Morgan fingerprint density at radius 2 is 2.06 bits per heavy atom. The van der Waals surface area contributed by atoms with Crippen LogP contribution in [0, 0.1) is 0 Å². The molecule has 2 rings (SSSR count). The predicted octanol–water partition coefficient (Wildman–Crippen LogP) is 2.57. The zero-order valence-electron chi connectivity index (χ0n) is 10.5. The summed E-state index contributed by atoms with van der Waals surface area (Å²) >= 11 is 0. The fraction of sp³-hybridized carbons (Fsp3) is 0.385. The van der Waals surface area contributed by atoms with Crippen LogP contribution < -0.4 is 0 Å². The molecule has 0 aliphatic rings. The number of rotatable bonds is 1. The first-order valence-corrected chi connectivity index (χ1v) is 5.51. The van der Waals surface area contributed by atoms with Crippen molar-refractivity contribution in [2.45, 2.75) is 26.2 Å². The van der Waals surface area contributed by atoms with E-state index in [4.69, 9.17) is 0 Å². The summed E-state index contributed by atoms with van der Waals surface area (Å²) in [5.74, 6) is -0.917. The van der Waals surface area contributed by atoms with Crippen LogP contribution in [0.3, 0.4) is 0 Å². The number of aromatic carboxylic acids is 1. The van der Waals surface area contributed by atoms with Crippen molar-refractivity contribution in [3.8, 4) is 0 Å². The van der Waals surface area contributed by atoms with Gasteiger partial charge in [-0.3, -0.25) is 4.98 Å². The second kappa shape index (κ2) is 3.58. The summed E-state index contributed by atoms with van der Waals surface area (Å²) in [4.78, 5) is 15.6. The molecule has 0 saturated heterocycles. The first-order chi connectivity index (χ1) is 7.84. The Morgan fingerprint density at radius 3 is 2.59 bits per heavy atom. The summed E-state index contributed by atoms with van der Waals surface area (Å²) in [5, 5.41) is 9.39. The molecule has 2 aromatic rings. The van der Waals surface area contributed by atoms with E-state index >= 15 is 0 Å². The predicted molar refractivity (Wildman–Crippen MR) is 66.4 cm³/mol. The first kappa shape index (κ1) is 11.6. The Labute approximate surface area is 99.9 Å². The van der Waals surface area contributed by atoms with Crippen molar-refractivity contribution in [1.82, 2.24) is 9.55 Å². The highest BCUT2D eigenvalue weighted by atomic mass is 16.4. The molecule has 4 nitrogen and oxygen atoms in total. The number of nitrogens with zero attached hydrogens (tertiary/aromatic N) is 2. The highest BCUT2D eigenvalue weighted by Gasteiger charge is 2.29. The van der Waals surface area contributed by atoms with Crippen LogP contribution in [0.4, 0.5) is 0 Å². The van der Waals surface area contributed by atoms with Gasteiger partial charge in [0.1, 0.15) is 11.1 Å². The highest BCUT2D eigenvalue weighted by molar-refractivity contribution is 6.03. The zero-order chi connectivity index (χ0) is 12.8.